The molecule has 0 spiro atoms. The maximum absolute atomic E-state index is 13.2. The van der Waals surface area contributed by atoms with Crippen LogP contribution in [0.25, 0.3) is 10.2 Å². The molecule has 9 heteroatoms. The topological polar surface area (TPSA) is 54.9 Å². The first-order valence-corrected chi connectivity index (χ1v) is 11.4. The van der Waals surface area contributed by atoms with Gasteiger partial charge in [0.2, 0.25) is 5.91 Å². The van der Waals surface area contributed by atoms with E-state index in [9.17, 15) is 4.79 Å². The summed E-state index contributed by atoms with van der Waals surface area (Å²) in [6, 6.07) is 11.7. The molecule has 0 bridgehead atoms. The molecular weight excluding hydrogens is 454 g/mol. The molecule has 1 amide bonds. The number of hydrogen-bond donors (Lipinski definition) is 0. The van der Waals surface area contributed by atoms with Gasteiger partial charge in [-0.15, -0.1) is 24.2 Å². The van der Waals surface area contributed by atoms with E-state index in [4.69, 9.17) is 14.5 Å². The minimum absolute atomic E-state index is 0. The summed E-state index contributed by atoms with van der Waals surface area (Å²) in [6.07, 6.45) is 0. The Bertz CT molecular complexity index is 1010. The van der Waals surface area contributed by atoms with E-state index < -0.39 is 0 Å². The van der Waals surface area contributed by atoms with Gasteiger partial charge in [-0.2, -0.15) is 0 Å². The molecule has 0 saturated heterocycles. The summed E-state index contributed by atoms with van der Waals surface area (Å²) in [5, 5.41) is 0.708. The van der Waals surface area contributed by atoms with Gasteiger partial charge < -0.3 is 14.4 Å². The number of rotatable bonds is 9. The van der Waals surface area contributed by atoms with Crippen LogP contribution in [0.2, 0.25) is 0 Å². The number of halogens is 1. The first kappa shape index (κ1) is 25.3. The van der Waals surface area contributed by atoms with Crippen LogP contribution in [0.5, 0.6) is 11.5 Å². The van der Waals surface area contributed by atoms with Gasteiger partial charge in [-0.1, -0.05) is 17.4 Å². The molecule has 0 unspecified atom stereocenters. The minimum atomic E-state index is 0. The molecule has 0 N–H and O–H groups in total. The van der Waals surface area contributed by atoms with Gasteiger partial charge in [-0.25, -0.2) is 4.98 Å². The molecule has 0 aliphatic carbocycles. The molecule has 2 aromatic carbocycles. The predicted molar refractivity (Wildman–Crippen MR) is 133 cm³/mol. The van der Waals surface area contributed by atoms with Crippen LogP contribution in [0, 0.1) is 6.92 Å². The highest BCUT2D eigenvalue weighted by atomic mass is 35.5. The van der Waals surface area contributed by atoms with E-state index in [2.05, 4.69) is 11.8 Å². The first-order chi connectivity index (χ1) is 14.4. The van der Waals surface area contributed by atoms with Crippen molar-refractivity contribution < 1.29 is 14.3 Å². The number of benzene rings is 2. The summed E-state index contributed by atoms with van der Waals surface area (Å²) in [6.45, 7) is 3.39. The number of carbonyl (C=O) groups is 1. The normalized spacial score (nSPS) is 10.8. The number of nitrogens with zero attached hydrogens (tertiary/aromatic N) is 3. The Morgan fingerprint density at radius 3 is 2.39 bits per heavy atom. The number of likely N-dealkylation sites (N-methyl/N-ethyl adjacent to an activating group) is 1. The number of anilines is 1. The van der Waals surface area contributed by atoms with Crippen LogP contribution in [0.15, 0.2) is 41.3 Å². The highest BCUT2D eigenvalue weighted by Gasteiger charge is 2.22. The Kier molecular flexibility index (Phi) is 9.43. The molecule has 1 heterocycles. The van der Waals surface area contributed by atoms with Gasteiger partial charge in [0.1, 0.15) is 17.0 Å². The minimum Gasteiger partial charge on any atom is -0.497 e. The lowest BCUT2D eigenvalue weighted by Crippen LogP contribution is -2.37. The number of carbonyl (C=O) groups excluding carboxylic acids is 1. The molecular formula is C22H28ClN3O3S2. The van der Waals surface area contributed by atoms with Crippen molar-refractivity contribution in [3.8, 4) is 11.5 Å². The van der Waals surface area contributed by atoms with Crippen LogP contribution in [0.1, 0.15) is 5.56 Å². The third-order valence-electron chi connectivity index (χ3n) is 4.64. The molecule has 3 aromatic rings. The average molecular weight is 482 g/mol. The van der Waals surface area contributed by atoms with Crippen LogP contribution < -0.4 is 14.4 Å². The van der Waals surface area contributed by atoms with Gasteiger partial charge in [0, 0.05) is 18.0 Å². The Balaban J connectivity index is 0.00000341. The van der Waals surface area contributed by atoms with E-state index in [-0.39, 0.29) is 18.3 Å². The highest BCUT2D eigenvalue weighted by Crippen LogP contribution is 2.36. The second-order valence-corrected chi connectivity index (χ2v) is 9.10. The standard InChI is InChI=1S/C22H27N3O3S2.ClH/c1-15-6-11-18(28-5)20-21(15)30-22(23-20)25(13-12-24(2)3)19(26)14-29-17-9-7-16(27-4)8-10-17;/h6-11H,12-14H2,1-5H3;1H. The van der Waals surface area contributed by atoms with Gasteiger partial charge in [-0.05, 0) is 56.9 Å². The van der Waals surface area contributed by atoms with Crippen LogP contribution in [-0.2, 0) is 4.79 Å². The second-order valence-electron chi connectivity index (χ2n) is 7.07. The fourth-order valence-corrected chi connectivity index (χ4v) is 4.77. The third-order valence-corrected chi connectivity index (χ3v) is 6.85. The Morgan fingerprint density at radius 2 is 1.77 bits per heavy atom. The summed E-state index contributed by atoms with van der Waals surface area (Å²) in [7, 11) is 7.28. The number of aromatic nitrogens is 1. The zero-order valence-electron chi connectivity index (χ0n) is 18.4. The molecule has 168 valence electrons. The maximum atomic E-state index is 13.2. The molecule has 0 fully saturated rings. The molecule has 3 rings (SSSR count). The van der Waals surface area contributed by atoms with Crippen LogP contribution in [-0.4, -0.2) is 62.9 Å². The van der Waals surface area contributed by atoms with E-state index in [1.807, 2.05) is 50.5 Å². The molecule has 6 nitrogen and oxygen atoms in total. The van der Waals surface area contributed by atoms with E-state index in [1.54, 1.807) is 19.1 Å². The third kappa shape index (κ3) is 6.26. The van der Waals surface area contributed by atoms with Crippen molar-refractivity contribution in [3.63, 3.8) is 0 Å². The van der Waals surface area contributed by atoms with Gasteiger partial charge in [0.15, 0.2) is 5.13 Å². The number of methoxy groups -OCH3 is 2. The summed E-state index contributed by atoms with van der Waals surface area (Å²) < 4.78 is 11.7. The fourth-order valence-electron chi connectivity index (χ4n) is 2.90. The molecule has 0 atom stereocenters. The summed E-state index contributed by atoms with van der Waals surface area (Å²) in [4.78, 5) is 22.8. The SMILES string of the molecule is COc1ccc(SCC(=O)N(CCN(C)C)c2nc3c(OC)ccc(C)c3s2)cc1.Cl. The zero-order valence-corrected chi connectivity index (χ0v) is 20.8. The molecule has 0 aliphatic heterocycles. The van der Waals surface area contributed by atoms with E-state index in [1.165, 1.54) is 23.1 Å². The number of thioether (sulfide) groups is 1. The predicted octanol–water partition coefficient (Wildman–Crippen LogP) is 4.73. The fraction of sp³-hybridized carbons (Fsp3) is 0.364. The number of hydrogen-bond acceptors (Lipinski definition) is 7. The second kappa shape index (κ2) is 11.6. The van der Waals surface area contributed by atoms with Crippen molar-refractivity contribution in [2.75, 3.05) is 52.1 Å². The van der Waals surface area contributed by atoms with Crippen LogP contribution >= 0.6 is 35.5 Å². The largest absolute Gasteiger partial charge is 0.497 e. The molecule has 0 radical (unpaired) electrons. The Labute approximate surface area is 197 Å². The van der Waals surface area contributed by atoms with Crippen molar-refractivity contribution in [2.45, 2.75) is 11.8 Å². The van der Waals surface area contributed by atoms with E-state index in [0.717, 1.165) is 38.7 Å². The lowest BCUT2D eigenvalue weighted by atomic mass is 10.2. The molecule has 31 heavy (non-hydrogen) atoms. The van der Waals surface area contributed by atoms with Gasteiger partial charge >= 0.3 is 0 Å². The van der Waals surface area contributed by atoms with Crippen LogP contribution in [0.3, 0.4) is 0 Å². The van der Waals surface area contributed by atoms with Crippen LogP contribution in [0.4, 0.5) is 5.13 Å². The van der Waals surface area contributed by atoms with Crippen molar-refractivity contribution in [1.29, 1.82) is 0 Å². The molecule has 1 aromatic heterocycles. The van der Waals surface area contributed by atoms with Gasteiger partial charge in [0.25, 0.3) is 0 Å². The van der Waals surface area contributed by atoms with E-state index >= 15 is 0 Å². The lowest BCUT2D eigenvalue weighted by Gasteiger charge is -2.21. The number of thiazole rings is 1. The first-order valence-electron chi connectivity index (χ1n) is 9.59. The monoisotopic (exact) mass is 481 g/mol. The van der Waals surface area contributed by atoms with Gasteiger partial charge in [0.05, 0.1) is 24.7 Å². The number of fused-ring (bicyclic) bond motifs is 1. The maximum Gasteiger partial charge on any atom is 0.239 e. The highest BCUT2D eigenvalue weighted by molar-refractivity contribution is 8.00. The van der Waals surface area contributed by atoms with Crippen molar-refractivity contribution in [2.24, 2.45) is 0 Å². The smallest absolute Gasteiger partial charge is 0.239 e. The number of amides is 1. The average Bonchev–Trinajstić information content (AvgIpc) is 3.19. The van der Waals surface area contributed by atoms with Gasteiger partial charge in [-0.3, -0.25) is 9.69 Å². The van der Waals surface area contributed by atoms with Crippen molar-refractivity contribution in [1.82, 2.24) is 9.88 Å². The number of aryl methyl sites for hydroxylation is 1. The lowest BCUT2D eigenvalue weighted by molar-refractivity contribution is -0.116. The quantitative estimate of drug-likeness (QED) is 0.412. The summed E-state index contributed by atoms with van der Waals surface area (Å²) in [5.74, 6) is 1.90. The Hall–Kier alpha value is -2.00. The zero-order chi connectivity index (χ0) is 21.7. The van der Waals surface area contributed by atoms with Crippen molar-refractivity contribution >= 4 is 56.8 Å². The number of ether oxygens (including phenoxy) is 2. The Morgan fingerprint density at radius 1 is 1.06 bits per heavy atom. The summed E-state index contributed by atoms with van der Waals surface area (Å²) >= 11 is 3.05. The van der Waals surface area contributed by atoms with Crippen molar-refractivity contribution in [3.05, 3.63) is 42.0 Å². The summed E-state index contributed by atoms with van der Waals surface area (Å²) in [5.41, 5.74) is 1.94. The molecule has 0 saturated carbocycles. The molecule has 0 aliphatic rings. The van der Waals surface area contributed by atoms with E-state index in [0.29, 0.717) is 17.4 Å².